The van der Waals surface area contributed by atoms with Crippen LogP contribution in [0.5, 0.6) is 0 Å². The van der Waals surface area contributed by atoms with E-state index in [4.69, 9.17) is 0 Å². The van der Waals surface area contributed by atoms with Gasteiger partial charge in [0.1, 0.15) is 11.6 Å². The molecule has 0 unspecified atom stereocenters. The molecule has 1 aromatic rings. The minimum Gasteiger partial charge on any atom is -0.341 e. The average molecular weight is 280 g/mol. The molecule has 1 amide bonds. The topological polar surface area (TPSA) is 32.3 Å². The van der Waals surface area contributed by atoms with Crippen molar-refractivity contribution in [2.75, 3.05) is 20.1 Å². The Morgan fingerprint density at radius 3 is 2.85 bits per heavy atom. The van der Waals surface area contributed by atoms with Crippen LogP contribution < -0.4 is 5.32 Å². The van der Waals surface area contributed by atoms with Gasteiger partial charge in [-0.05, 0) is 36.9 Å². The molecular weight excluding hydrogens is 262 g/mol. The standard InChI is InChI=1S/C15H18F2N2O/c1-19(10-4-5-18-8-10)15(20)13-7-12(13)11-3-2-9(16)6-14(11)17/h2-3,6,10,12-13,18H,4-5,7-8H2,1H3/t10-,12+,13+/m0/s1. The van der Waals surface area contributed by atoms with Gasteiger partial charge in [-0.15, -0.1) is 0 Å². The van der Waals surface area contributed by atoms with Gasteiger partial charge in [-0.25, -0.2) is 8.78 Å². The fraction of sp³-hybridized carbons (Fsp3) is 0.533. The van der Waals surface area contributed by atoms with Crippen molar-refractivity contribution < 1.29 is 13.6 Å². The van der Waals surface area contributed by atoms with Crippen molar-refractivity contribution in [3.05, 3.63) is 35.4 Å². The number of rotatable bonds is 3. The molecule has 108 valence electrons. The van der Waals surface area contributed by atoms with Gasteiger partial charge in [0.15, 0.2) is 0 Å². The molecule has 1 aliphatic carbocycles. The lowest BCUT2D eigenvalue weighted by Gasteiger charge is -2.24. The molecule has 1 saturated carbocycles. The molecule has 1 N–H and O–H groups in total. The van der Waals surface area contributed by atoms with Crippen molar-refractivity contribution in [2.24, 2.45) is 5.92 Å². The summed E-state index contributed by atoms with van der Waals surface area (Å²) in [6.45, 7) is 1.76. The Kier molecular flexibility index (Phi) is 3.46. The Morgan fingerprint density at radius 2 is 2.20 bits per heavy atom. The highest BCUT2D eigenvalue weighted by molar-refractivity contribution is 5.83. The van der Waals surface area contributed by atoms with E-state index in [-0.39, 0.29) is 23.8 Å². The second-order valence-electron chi connectivity index (χ2n) is 5.71. The van der Waals surface area contributed by atoms with Gasteiger partial charge >= 0.3 is 0 Å². The van der Waals surface area contributed by atoms with Crippen LogP contribution in [0.25, 0.3) is 0 Å². The number of nitrogens with one attached hydrogen (secondary N) is 1. The third kappa shape index (κ3) is 2.42. The summed E-state index contributed by atoms with van der Waals surface area (Å²) >= 11 is 0. The summed E-state index contributed by atoms with van der Waals surface area (Å²) in [6, 6.07) is 3.84. The summed E-state index contributed by atoms with van der Waals surface area (Å²) in [4.78, 5) is 14.1. The van der Waals surface area contributed by atoms with Crippen molar-refractivity contribution in [1.82, 2.24) is 10.2 Å². The van der Waals surface area contributed by atoms with Crippen LogP contribution in [0.4, 0.5) is 8.78 Å². The molecule has 0 radical (unpaired) electrons. The van der Waals surface area contributed by atoms with Crippen molar-refractivity contribution in [3.63, 3.8) is 0 Å². The van der Waals surface area contributed by atoms with Gasteiger partial charge in [-0.3, -0.25) is 4.79 Å². The molecule has 3 rings (SSSR count). The number of halogens is 2. The van der Waals surface area contributed by atoms with Gasteiger partial charge in [0.2, 0.25) is 5.91 Å². The largest absolute Gasteiger partial charge is 0.341 e. The van der Waals surface area contributed by atoms with E-state index in [0.717, 1.165) is 25.6 Å². The fourth-order valence-electron chi connectivity index (χ4n) is 3.03. The van der Waals surface area contributed by atoms with Crippen molar-refractivity contribution >= 4 is 5.91 Å². The lowest BCUT2D eigenvalue weighted by atomic mass is 10.1. The zero-order chi connectivity index (χ0) is 14.3. The number of nitrogens with zero attached hydrogens (tertiary/aromatic N) is 1. The minimum absolute atomic E-state index is 0.0763. The molecular formula is C15H18F2N2O. The lowest BCUT2D eigenvalue weighted by Crippen LogP contribution is -2.39. The monoisotopic (exact) mass is 280 g/mol. The van der Waals surface area contributed by atoms with Gasteiger partial charge in [0, 0.05) is 31.6 Å². The first-order chi connectivity index (χ1) is 9.58. The maximum atomic E-state index is 13.7. The van der Waals surface area contributed by atoms with Crippen LogP contribution in [0.2, 0.25) is 0 Å². The Labute approximate surface area is 117 Å². The molecule has 0 spiro atoms. The number of carbonyl (C=O) groups is 1. The molecule has 1 aliphatic heterocycles. The van der Waals surface area contributed by atoms with Crippen LogP contribution >= 0.6 is 0 Å². The highest BCUT2D eigenvalue weighted by Crippen LogP contribution is 2.49. The van der Waals surface area contributed by atoms with Crippen LogP contribution in [0, 0.1) is 17.6 Å². The molecule has 20 heavy (non-hydrogen) atoms. The summed E-state index contributed by atoms with van der Waals surface area (Å²) in [5.74, 6) is -1.30. The Hall–Kier alpha value is -1.49. The van der Waals surface area contributed by atoms with Crippen LogP contribution in [-0.4, -0.2) is 37.0 Å². The molecule has 0 aromatic heterocycles. The quantitative estimate of drug-likeness (QED) is 0.917. The SMILES string of the molecule is CN(C(=O)[C@@H]1C[C@@H]1c1ccc(F)cc1F)[C@H]1CCNC1. The van der Waals surface area contributed by atoms with Gasteiger partial charge in [0.25, 0.3) is 0 Å². The van der Waals surface area contributed by atoms with Crippen molar-refractivity contribution in [3.8, 4) is 0 Å². The molecule has 1 saturated heterocycles. The summed E-state index contributed by atoms with van der Waals surface area (Å²) < 4.78 is 26.6. The summed E-state index contributed by atoms with van der Waals surface area (Å²) in [5, 5.41) is 3.23. The molecule has 3 nitrogen and oxygen atoms in total. The van der Waals surface area contributed by atoms with Gasteiger partial charge in [-0.1, -0.05) is 6.07 Å². The van der Waals surface area contributed by atoms with Crippen molar-refractivity contribution in [1.29, 1.82) is 0 Å². The van der Waals surface area contributed by atoms with Gasteiger partial charge < -0.3 is 10.2 Å². The van der Waals surface area contributed by atoms with Crippen LogP contribution in [-0.2, 0) is 4.79 Å². The second-order valence-corrected chi connectivity index (χ2v) is 5.71. The third-order valence-electron chi connectivity index (χ3n) is 4.40. The zero-order valence-corrected chi connectivity index (χ0v) is 11.4. The van der Waals surface area contributed by atoms with E-state index in [2.05, 4.69) is 5.32 Å². The molecule has 1 heterocycles. The molecule has 3 atom stereocenters. The molecule has 2 fully saturated rings. The van der Waals surface area contributed by atoms with Gasteiger partial charge in [0.05, 0.1) is 0 Å². The zero-order valence-electron chi connectivity index (χ0n) is 11.4. The highest BCUT2D eigenvalue weighted by Gasteiger charge is 2.47. The van der Waals surface area contributed by atoms with Crippen LogP contribution in [0.1, 0.15) is 24.3 Å². The molecule has 2 aliphatic rings. The Morgan fingerprint density at radius 1 is 1.40 bits per heavy atom. The van der Waals surface area contributed by atoms with E-state index in [1.807, 2.05) is 7.05 Å². The number of hydrogen-bond donors (Lipinski definition) is 1. The number of likely N-dealkylation sites (N-methyl/N-ethyl adjacent to an activating group) is 1. The smallest absolute Gasteiger partial charge is 0.226 e. The van der Waals surface area contributed by atoms with E-state index in [0.29, 0.717) is 12.0 Å². The van der Waals surface area contributed by atoms with E-state index in [1.54, 1.807) is 4.90 Å². The van der Waals surface area contributed by atoms with Crippen LogP contribution in [0.3, 0.4) is 0 Å². The second kappa shape index (κ2) is 5.13. The fourth-order valence-corrected chi connectivity index (χ4v) is 3.03. The Balaban J connectivity index is 1.67. The third-order valence-corrected chi connectivity index (χ3v) is 4.40. The van der Waals surface area contributed by atoms with E-state index in [9.17, 15) is 13.6 Å². The predicted molar refractivity (Wildman–Crippen MR) is 71.3 cm³/mol. The lowest BCUT2D eigenvalue weighted by molar-refractivity contribution is -0.133. The maximum Gasteiger partial charge on any atom is 0.226 e. The van der Waals surface area contributed by atoms with E-state index < -0.39 is 11.6 Å². The normalized spacial score (nSPS) is 28.4. The Bertz CT molecular complexity index is 529. The summed E-state index contributed by atoms with van der Waals surface area (Å²) in [6.07, 6.45) is 1.62. The summed E-state index contributed by atoms with van der Waals surface area (Å²) in [5.41, 5.74) is 0.461. The number of benzene rings is 1. The number of carbonyl (C=O) groups excluding carboxylic acids is 1. The van der Waals surface area contributed by atoms with E-state index in [1.165, 1.54) is 12.1 Å². The number of amides is 1. The summed E-state index contributed by atoms with van der Waals surface area (Å²) in [7, 11) is 1.82. The highest BCUT2D eigenvalue weighted by atomic mass is 19.1. The maximum absolute atomic E-state index is 13.7. The average Bonchev–Trinajstić information content (AvgIpc) is 3.00. The first kappa shape index (κ1) is 13.5. The predicted octanol–water partition coefficient (Wildman–Crippen LogP) is 1.89. The first-order valence-corrected chi connectivity index (χ1v) is 7.00. The first-order valence-electron chi connectivity index (χ1n) is 7.00. The molecule has 1 aromatic carbocycles. The van der Waals surface area contributed by atoms with Gasteiger partial charge in [-0.2, -0.15) is 0 Å². The molecule has 5 heteroatoms. The minimum atomic E-state index is -0.580. The number of hydrogen-bond acceptors (Lipinski definition) is 2. The van der Waals surface area contributed by atoms with E-state index >= 15 is 0 Å². The van der Waals surface area contributed by atoms with Crippen LogP contribution in [0.15, 0.2) is 18.2 Å². The molecule has 0 bridgehead atoms. The van der Waals surface area contributed by atoms with Crippen molar-refractivity contribution in [2.45, 2.75) is 24.8 Å².